The van der Waals surface area contributed by atoms with Gasteiger partial charge in [0.1, 0.15) is 0 Å². The quantitative estimate of drug-likeness (QED) is 0.742. The van der Waals surface area contributed by atoms with Crippen LogP contribution in [0, 0.1) is 20.8 Å². The Bertz CT molecular complexity index is 922. The van der Waals surface area contributed by atoms with Gasteiger partial charge in [-0.1, -0.05) is 24.3 Å². The fourth-order valence-corrected chi connectivity index (χ4v) is 3.04. The lowest BCUT2D eigenvalue weighted by Crippen LogP contribution is -2.13. The predicted molar refractivity (Wildman–Crippen MR) is 102 cm³/mol. The standard InChI is InChI=1S/C20H25N5O/c1-14-7-5-6-8-18(14)13-25-16(3)20(15(2)23-25)22-19(26)10-9-17-11-21-24(4)12-17/h5-8,11-12H,9-10,13H2,1-4H3,(H,22,26). The lowest BCUT2D eigenvalue weighted by molar-refractivity contribution is -0.116. The van der Waals surface area contributed by atoms with Gasteiger partial charge in [0, 0.05) is 19.7 Å². The number of hydrogen-bond acceptors (Lipinski definition) is 3. The molecule has 2 aromatic heterocycles. The maximum Gasteiger partial charge on any atom is 0.224 e. The first-order chi connectivity index (χ1) is 12.4. The molecule has 0 saturated heterocycles. The Morgan fingerprint density at radius 2 is 1.96 bits per heavy atom. The average molecular weight is 351 g/mol. The van der Waals surface area contributed by atoms with Gasteiger partial charge >= 0.3 is 0 Å². The Kier molecular flexibility index (Phi) is 5.21. The van der Waals surface area contributed by atoms with Crippen LogP contribution in [0.3, 0.4) is 0 Å². The second-order valence-electron chi connectivity index (χ2n) is 6.70. The number of aromatic nitrogens is 4. The summed E-state index contributed by atoms with van der Waals surface area (Å²) in [5.74, 6) is -0.00417. The summed E-state index contributed by atoms with van der Waals surface area (Å²) >= 11 is 0. The van der Waals surface area contributed by atoms with E-state index in [1.807, 2.05) is 43.9 Å². The third-order valence-corrected chi connectivity index (χ3v) is 4.63. The molecule has 1 aromatic carbocycles. The van der Waals surface area contributed by atoms with E-state index in [0.29, 0.717) is 19.4 Å². The first kappa shape index (κ1) is 17.9. The molecule has 136 valence electrons. The number of benzene rings is 1. The van der Waals surface area contributed by atoms with Crippen LogP contribution in [0.2, 0.25) is 0 Å². The fraction of sp³-hybridized carbons (Fsp3) is 0.350. The molecule has 0 bridgehead atoms. The van der Waals surface area contributed by atoms with Crippen molar-refractivity contribution in [1.82, 2.24) is 19.6 Å². The van der Waals surface area contributed by atoms with Crippen molar-refractivity contribution < 1.29 is 4.79 Å². The molecule has 3 aromatic rings. The third-order valence-electron chi connectivity index (χ3n) is 4.63. The Hall–Kier alpha value is -2.89. The van der Waals surface area contributed by atoms with Crippen molar-refractivity contribution in [2.75, 3.05) is 5.32 Å². The summed E-state index contributed by atoms with van der Waals surface area (Å²) in [4.78, 5) is 12.3. The van der Waals surface area contributed by atoms with Crippen LogP contribution in [0.5, 0.6) is 0 Å². The minimum atomic E-state index is -0.00417. The molecule has 0 aliphatic carbocycles. The van der Waals surface area contributed by atoms with Gasteiger partial charge in [-0.25, -0.2) is 0 Å². The average Bonchev–Trinajstić information content (AvgIpc) is 3.13. The van der Waals surface area contributed by atoms with Gasteiger partial charge in [-0.3, -0.25) is 14.2 Å². The Morgan fingerprint density at radius 3 is 2.65 bits per heavy atom. The van der Waals surface area contributed by atoms with Crippen LogP contribution in [-0.2, 0) is 24.8 Å². The molecular weight excluding hydrogens is 326 g/mol. The number of amides is 1. The van der Waals surface area contributed by atoms with E-state index in [2.05, 4.69) is 34.6 Å². The summed E-state index contributed by atoms with van der Waals surface area (Å²) < 4.78 is 3.70. The highest BCUT2D eigenvalue weighted by molar-refractivity contribution is 5.92. The van der Waals surface area contributed by atoms with Gasteiger partial charge in [0.05, 0.1) is 29.8 Å². The molecule has 3 rings (SSSR count). The lowest BCUT2D eigenvalue weighted by Gasteiger charge is -2.09. The van der Waals surface area contributed by atoms with Gasteiger partial charge in [0.25, 0.3) is 0 Å². The maximum absolute atomic E-state index is 12.3. The van der Waals surface area contributed by atoms with Crippen LogP contribution < -0.4 is 5.32 Å². The highest BCUT2D eigenvalue weighted by Crippen LogP contribution is 2.21. The van der Waals surface area contributed by atoms with Gasteiger partial charge in [-0.15, -0.1) is 0 Å². The molecule has 1 N–H and O–H groups in total. The maximum atomic E-state index is 12.3. The topological polar surface area (TPSA) is 64.7 Å². The molecule has 0 saturated carbocycles. The van der Waals surface area contributed by atoms with Crippen molar-refractivity contribution in [3.05, 3.63) is 64.7 Å². The molecule has 26 heavy (non-hydrogen) atoms. The van der Waals surface area contributed by atoms with Crippen LogP contribution in [-0.4, -0.2) is 25.5 Å². The summed E-state index contributed by atoms with van der Waals surface area (Å²) in [7, 11) is 1.87. The summed E-state index contributed by atoms with van der Waals surface area (Å²) in [6.07, 6.45) is 4.83. The second-order valence-corrected chi connectivity index (χ2v) is 6.70. The summed E-state index contributed by atoms with van der Waals surface area (Å²) in [6, 6.07) is 8.28. The van der Waals surface area contributed by atoms with Crippen LogP contribution in [0.25, 0.3) is 0 Å². The molecule has 1 amide bonds. The van der Waals surface area contributed by atoms with E-state index in [1.165, 1.54) is 11.1 Å². The second kappa shape index (κ2) is 7.56. The van der Waals surface area contributed by atoms with E-state index >= 15 is 0 Å². The lowest BCUT2D eigenvalue weighted by atomic mass is 10.1. The Labute approximate surface area is 153 Å². The highest BCUT2D eigenvalue weighted by Gasteiger charge is 2.15. The molecule has 0 fully saturated rings. The van der Waals surface area contributed by atoms with Crippen molar-refractivity contribution in [1.29, 1.82) is 0 Å². The summed E-state index contributed by atoms with van der Waals surface area (Å²) in [5.41, 5.74) is 6.15. The van der Waals surface area contributed by atoms with Crippen molar-refractivity contribution in [2.45, 2.75) is 40.2 Å². The van der Waals surface area contributed by atoms with E-state index in [0.717, 1.165) is 22.6 Å². The summed E-state index contributed by atoms with van der Waals surface area (Å²) in [5, 5.41) is 11.8. The zero-order chi connectivity index (χ0) is 18.7. The number of rotatable bonds is 6. The zero-order valence-electron chi connectivity index (χ0n) is 15.8. The van der Waals surface area contributed by atoms with Gasteiger partial charge in [-0.2, -0.15) is 10.2 Å². The van der Waals surface area contributed by atoms with Crippen LogP contribution in [0.4, 0.5) is 5.69 Å². The van der Waals surface area contributed by atoms with E-state index in [9.17, 15) is 4.79 Å². The minimum Gasteiger partial charge on any atom is -0.323 e. The zero-order valence-corrected chi connectivity index (χ0v) is 15.8. The molecule has 0 spiro atoms. The Morgan fingerprint density at radius 1 is 1.19 bits per heavy atom. The van der Waals surface area contributed by atoms with Crippen molar-refractivity contribution in [3.8, 4) is 0 Å². The third kappa shape index (κ3) is 4.02. The first-order valence-corrected chi connectivity index (χ1v) is 8.80. The molecule has 2 heterocycles. The van der Waals surface area contributed by atoms with Crippen LogP contribution >= 0.6 is 0 Å². The number of carbonyl (C=O) groups is 1. The highest BCUT2D eigenvalue weighted by atomic mass is 16.1. The van der Waals surface area contributed by atoms with E-state index < -0.39 is 0 Å². The predicted octanol–water partition coefficient (Wildman–Crippen LogP) is 3.16. The number of nitrogens with zero attached hydrogens (tertiary/aromatic N) is 4. The molecule has 6 heteroatoms. The summed E-state index contributed by atoms with van der Waals surface area (Å²) in [6.45, 7) is 6.72. The fourth-order valence-electron chi connectivity index (χ4n) is 3.04. The van der Waals surface area contributed by atoms with Gasteiger partial charge in [-0.05, 0) is 43.9 Å². The number of hydrogen-bond donors (Lipinski definition) is 1. The van der Waals surface area contributed by atoms with E-state index in [1.54, 1.807) is 10.9 Å². The number of anilines is 1. The largest absolute Gasteiger partial charge is 0.323 e. The van der Waals surface area contributed by atoms with Crippen molar-refractivity contribution >= 4 is 11.6 Å². The molecule has 0 aliphatic rings. The Balaban J connectivity index is 1.67. The van der Waals surface area contributed by atoms with E-state index in [-0.39, 0.29) is 5.91 Å². The van der Waals surface area contributed by atoms with Crippen LogP contribution in [0.1, 0.15) is 34.5 Å². The first-order valence-electron chi connectivity index (χ1n) is 8.80. The SMILES string of the molecule is Cc1ccccc1Cn1nc(C)c(NC(=O)CCc2cnn(C)c2)c1C. The van der Waals surface area contributed by atoms with Crippen molar-refractivity contribution in [2.24, 2.45) is 7.05 Å². The van der Waals surface area contributed by atoms with Crippen LogP contribution in [0.15, 0.2) is 36.7 Å². The minimum absolute atomic E-state index is 0.00417. The number of nitrogens with one attached hydrogen (secondary N) is 1. The van der Waals surface area contributed by atoms with Crippen molar-refractivity contribution in [3.63, 3.8) is 0 Å². The number of aryl methyl sites for hydroxylation is 4. The van der Waals surface area contributed by atoms with Gasteiger partial charge in [0.2, 0.25) is 5.91 Å². The normalized spacial score (nSPS) is 10.9. The monoisotopic (exact) mass is 351 g/mol. The molecular formula is C20H25N5O. The molecule has 0 atom stereocenters. The molecule has 0 radical (unpaired) electrons. The number of carbonyl (C=O) groups excluding carboxylic acids is 1. The molecule has 0 unspecified atom stereocenters. The van der Waals surface area contributed by atoms with E-state index in [4.69, 9.17) is 0 Å². The molecule has 0 aliphatic heterocycles. The smallest absolute Gasteiger partial charge is 0.224 e. The van der Waals surface area contributed by atoms with Gasteiger partial charge < -0.3 is 5.32 Å². The van der Waals surface area contributed by atoms with Gasteiger partial charge in [0.15, 0.2) is 0 Å². The molecule has 6 nitrogen and oxygen atoms in total.